The van der Waals surface area contributed by atoms with E-state index in [4.69, 9.17) is 11.6 Å². The predicted octanol–water partition coefficient (Wildman–Crippen LogP) is 1.94. The fourth-order valence-corrected chi connectivity index (χ4v) is 2.85. The van der Waals surface area contributed by atoms with Gasteiger partial charge in [0.25, 0.3) is 0 Å². The second-order valence-electron chi connectivity index (χ2n) is 4.50. The Bertz CT molecular complexity index is 524. The monoisotopic (exact) mass is 249 g/mol. The number of Topliss-reactive ketones (excluding diaryl/α,β-unsaturated/α-hetero) is 1. The lowest BCUT2D eigenvalue weighted by atomic mass is 9.95. The minimum absolute atomic E-state index is 0.0148. The van der Waals surface area contributed by atoms with Gasteiger partial charge in [-0.15, -0.1) is 11.6 Å². The summed E-state index contributed by atoms with van der Waals surface area (Å²) in [5.41, 5.74) is 3.97. The maximum absolute atomic E-state index is 11.7. The number of amides is 1. The standard InChI is InChI=1S/C13H12ClNO2/c14-7-11(16)10-5-8-1-2-12(17)15-4-3-9(6-10)13(8)15/h5-6H,1-4,7H2. The molecule has 4 heteroatoms. The summed E-state index contributed by atoms with van der Waals surface area (Å²) in [5, 5.41) is 0. The summed E-state index contributed by atoms with van der Waals surface area (Å²) in [6.07, 6.45) is 2.13. The molecule has 0 spiro atoms. The molecule has 0 fully saturated rings. The third-order valence-electron chi connectivity index (χ3n) is 3.50. The van der Waals surface area contributed by atoms with Gasteiger partial charge in [-0.2, -0.15) is 0 Å². The van der Waals surface area contributed by atoms with Crippen molar-refractivity contribution in [3.05, 3.63) is 28.8 Å². The number of nitrogens with zero attached hydrogens (tertiary/aromatic N) is 1. The molecule has 88 valence electrons. The lowest BCUT2D eigenvalue weighted by molar-refractivity contribution is -0.118. The average Bonchev–Trinajstić information content (AvgIpc) is 2.78. The molecule has 0 aliphatic carbocycles. The lowest BCUT2D eigenvalue weighted by Gasteiger charge is -2.25. The quantitative estimate of drug-likeness (QED) is 0.593. The van der Waals surface area contributed by atoms with Crippen LogP contribution < -0.4 is 4.90 Å². The number of alkyl halides is 1. The summed E-state index contributed by atoms with van der Waals surface area (Å²) < 4.78 is 0. The van der Waals surface area contributed by atoms with Gasteiger partial charge < -0.3 is 4.90 Å². The Hall–Kier alpha value is -1.35. The van der Waals surface area contributed by atoms with Crippen LogP contribution in [-0.4, -0.2) is 24.1 Å². The van der Waals surface area contributed by atoms with E-state index < -0.39 is 0 Å². The molecule has 0 saturated carbocycles. The van der Waals surface area contributed by atoms with Crippen LogP contribution in [0.2, 0.25) is 0 Å². The second kappa shape index (κ2) is 3.84. The van der Waals surface area contributed by atoms with E-state index >= 15 is 0 Å². The first-order valence-corrected chi connectivity index (χ1v) is 6.29. The van der Waals surface area contributed by atoms with Crippen LogP contribution in [0.5, 0.6) is 0 Å². The summed E-state index contributed by atoms with van der Waals surface area (Å²) in [6, 6.07) is 3.79. The van der Waals surface area contributed by atoms with E-state index in [1.807, 2.05) is 17.0 Å². The number of aryl methyl sites for hydroxylation is 1. The summed E-state index contributed by atoms with van der Waals surface area (Å²) in [7, 11) is 0. The largest absolute Gasteiger partial charge is 0.312 e. The molecule has 0 unspecified atom stereocenters. The molecule has 3 nitrogen and oxygen atoms in total. The number of carbonyl (C=O) groups excluding carboxylic acids is 2. The minimum atomic E-state index is -0.0407. The van der Waals surface area contributed by atoms with Crippen LogP contribution in [0.3, 0.4) is 0 Å². The van der Waals surface area contributed by atoms with E-state index in [1.165, 1.54) is 0 Å². The number of carbonyl (C=O) groups is 2. The zero-order chi connectivity index (χ0) is 12.0. The highest BCUT2D eigenvalue weighted by Crippen LogP contribution is 2.37. The van der Waals surface area contributed by atoms with E-state index in [-0.39, 0.29) is 17.6 Å². The smallest absolute Gasteiger partial charge is 0.227 e. The first-order chi connectivity index (χ1) is 8.20. The fourth-order valence-electron chi connectivity index (χ4n) is 2.70. The van der Waals surface area contributed by atoms with Gasteiger partial charge in [0.05, 0.1) is 11.6 Å². The maximum atomic E-state index is 11.7. The summed E-state index contributed by atoms with van der Waals surface area (Å²) >= 11 is 5.58. The van der Waals surface area contributed by atoms with Crippen LogP contribution in [0.4, 0.5) is 5.69 Å². The number of benzene rings is 1. The normalized spacial score (nSPS) is 17.2. The number of ketones is 1. The van der Waals surface area contributed by atoms with Crippen LogP contribution in [0.25, 0.3) is 0 Å². The molecule has 2 aliphatic rings. The van der Waals surface area contributed by atoms with Crippen molar-refractivity contribution in [2.45, 2.75) is 19.3 Å². The SMILES string of the molecule is O=C(CCl)c1cc2c3c(c1)CCN3C(=O)CC2. The van der Waals surface area contributed by atoms with Crippen molar-refractivity contribution >= 4 is 29.0 Å². The van der Waals surface area contributed by atoms with Crippen LogP contribution in [0.1, 0.15) is 27.9 Å². The van der Waals surface area contributed by atoms with Crippen molar-refractivity contribution in [3.63, 3.8) is 0 Å². The molecule has 0 atom stereocenters. The highest BCUT2D eigenvalue weighted by atomic mass is 35.5. The molecular weight excluding hydrogens is 238 g/mol. The molecule has 1 aromatic carbocycles. The van der Waals surface area contributed by atoms with Crippen molar-refractivity contribution < 1.29 is 9.59 Å². The van der Waals surface area contributed by atoms with Gasteiger partial charge in [-0.25, -0.2) is 0 Å². The Labute approximate surface area is 104 Å². The molecule has 1 aromatic rings. The van der Waals surface area contributed by atoms with Gasteiger partial charge in [0.15, 0.2) is 5.78 Å². The molecular formula is C13H12ClNO2. The number of halogens is 1. The van der Waals surface area contributed by atoms with Gasteiger partial charge in [-0.1, -0.05) is 0 Å². The Morgan fingerprint density at radius 3 is 2.65 bits per heavy atom. The minimum Gasteiger partial charge on any atom is -0.312 e. The second-order valence-corrected chi connectivity index (χ2v) is 4.76. The zero-order valence-corrected chi connectivity index (χ0v) is 10.1. The zero-order valence-electron chi connectivity index (χ0n) is 9.33. The Kier molecular flexibility index (Phi) is 2.44. The van der Waals surface area contributed by atoms with Gasteiger partial charge in [-0.3, -0.25) is 9.59 Å². The first kappa shape index (κ1) is 10.8. The molecule has 3 rings (SSSR count). The average molecular weight is 250 g/mol. The van der Waals surface area contributed by atoms with Crippen LogP contribution in [0, 0.1) is 0 Å². The molecule has 0 aromatic heterocycles. The van der Waals surface area contributed by atoms with Crippen molar-refractivity contribution in [1.82, 2.24) is 0 Å². The molecule has 2 heterocycles. The third-order valence-corrected chi connectivity index (χ3v) is 3.74. The van der Waals surface area contributed by atoms with Crippen LogP contribution in [-0.2, 0) is 17.6 Å². The third kappa shape index (κ3) is 1.57. The molecule has 1 amide bonds. The van der Waals surface area contributed by atoms with Crippen LogP contribution >= 0.6 is 11.6 Å². The van der Waals surface area contributed by atoms with Gasteiger partial charge in [0.1, 0.15) is 0 Å². The van der Waals surface area contributed by atoms with Gasteiger partial charge >= 0.3 is 0 Å². The Morgan fingerprint density at radius 2 is 1.94 bits per heavy atom. The van der Waals surface area contributed by atoms with Gasteiger partial charge in [0.2, 0.25) is 5.91 Å². The van der Waals surface area contributed by atoms with E-state index in [0.717, 1.165) is 36.2 Å². The topological polar surface area (TPSA) is 37.4 Å². The van der Waals surface area contributed by atoms with Crippen molar-refractivity contribution in [2.75, 3.05) is 17.3 Å². The summed E-state index contributed by atoms with van der Waals surface area (Å²) in [6.45, 7) is 0.750. The highest BCUT2D eigenvalue weighted by Gasteiger charge is 2.31. The van der Waals surface area contributed by atoms with Gasteiger partial charge in [-0.05, 0) is 36.1 Å². The molecule has 0 bridgehead atoms. The molecule has 17 heavy (non-hydrogen) atoms. The molecule has 0 radical (unpaired) electrons. The van der Waals surface area contributed by atoms with Crippen LogP contribution in [0.15, 0.2) is 12.1 Å². The Balaban J connectivity index is 2.13. The number of anilines is 1. The van der Waals surface area contributed by atoms with Crippen molar-refractivity contribution in [3.8, 4) is 0 Å². The number of rotatable bonds is 2. The van der Waals surface area contributed by atoms with E-state index in [9.17, 15) is 9.59 Å². The molecule has 0 N–H and O–H groups in total. The van der Waals surface area contributed by atoms with Crippen molar-refractivity contribution in [2.24, 2.45) is 0 Å². The summed E-state index contributed by atoms with van der Waals surface area (Å²) in [5.74, 6) is 0.176. The van der Waals surface area contributed by atoms with Crippen molar-refractivity contribution in [1.29, 1.82) is 0 Å². The first-order valence-electron chi connectivity index (χ1n) is 5.76. The Morgan fingerprint density at radius 1 is 1.24 bits per heavy atom. The van der Waals surface area contributed by atoms with Gasteiger partial charge in [0, 0.05) is 18.5 Å². The molecule has 0 saturated heterocycles. The highest BCUT2D eigenvalue weighted by molar-refractivity contribution is 6.30. The predicted molar refractivity (Wildman–Crippen MR) is 65.9 cm³/mol. The fraction of sp³-hybridized carbons (Fsp3) is 0.385. The summed E-state index contributed by atoms with van der Waals surface area (Å²) in [4.78, 5) is 25.2. The lowest BCUT2D eigenvalue weighted by Crippen LogP contribution is -2.32. The molecule has 2 aliphatic heterocycles. The van der Waals surface area contributed by atoms with E-state index in [1.54, 1.807) is 0 Å². The number of hydrogen-bond donors (Lipinski definition) is 0. The number of hydrogen-bond acceptors (Lipinski definition) is 2. The van der Waals surface area contributed by atoms with E-state index in [0.29, 0.717) is 12.0 Å². The maximum Gasteiger partial charge on any atom is 0.227 e. The van der Waals surface area contributed by atoms with E-state index in [2.05, 4.69) is 0 Å².